The van der Waals surface area contributed by atoms with E-state index in [1.165, 1.54) is 0 Å². The molecule has 1 heterocycles. The summed E-state index contributed by atoms with van der Waals surface area (Å²) in [6.07, 6.45) is 2.70. The molecule has 0 spiro atoms. The summed E-state index contributed by atoms with van der Waals surface area (Å²) in [5, 5.41) is 3.21. The van der Waals surface area contributed by atoms with Crippen LogP contribution < -0.4 is 20.5 Å². The van der Waals surface area contributed by atoms with Gasteiger partial charge in [-0.1, -0.05) is 19.1 Å². The molecule has 0 atom stereocenters. The number of ether oxygens (including phenoxy) is 2. The lowest BCUT2D eigenvalue weighted by molar-refractivity contribution is 0.316. The molecule has 112 valence electrons. The Labute approximate surface area is 125 Å². The Balaban J connectivity index is 1.82. The topological polar surface area (TPSA) is 69.4 Å². The van der Waals surface area contributed by atoms with Crippen molar-refractivity contribution in [3.8, 4) is 11.5 Å². The van der Waals surface area contributed by atoms with Gasteiger partial charge in [-0.2, -0.15) is 0 Å². The zero-order valence-corrected chi connectivity index (χ0v) is 12.2. The molecule has 1 aromatic heterocycles. The second kappa shape index (κ2) is 7.99. The highest BCUT2D eigenvalue weighted by atomic mass is 16.5. The van der Waals surface area contributed by atoms with Crippen LogP contribution in [0.15, 0.2) is 42.6 Å². The summed E-state index contributed by atoms with van der Waals surface area (Å²) in [5.74, 6) is 2.19. The maximum atomic E-state index is 5.82. The van der Waals surface area contributed by atoms with Crippen molar-refractivity contribution in [1.82, 2.24) is 4.98 Å². The van der Waals surface area contributed by atoms with Gasteiger partial charge in [0.25, 0.3) is 0 Å². The van der Waals surface area contributed by atoms with E-state index >= 15 is 0 Å². The van der Waals surface area contributed by atoms with E-state index < -0.39 is 0 Å². The van der Waals surface area contributed by atoms with E-state index in [4.69, 9.17) is 15.2 Å². The third-order valence-corrected chi connectivity index (χ3v) is 2.80. The van der Waals surface area contributed by atoms with Gasteiger partial charge in [-0.15, -0.1) is 0 Å². The van der Waals surface area contributed by atoms with Crippen molar-refractivity contribution in [2.75, 3.05) is 30.8 Å². The van der Waals surface area contributed by atoms with E-state index in [-0.39, 0.29) is 0 Å². The Bertz CT molecular complexity index is 561. The molecule has 0 radical (unpaired) electrons. The fourth-order valence-corrected chi connectivity index (χ4v) is 1.79. The maximum Gasteiger partial charge on any atom is 0.168 e. The van der Waals surface area contributed by atoms with Crippen molar-refractivity contribution in [2.24, 2.45) is 0 Å². The number of anilines is 2. The number of nitrogens with one attached hydrogen (secondary N) is 1. The quantitative estimate of drug-likeness (QED) is 0.577. The van der Waals surface area contributed by atoms with Crippen LogP contribution in [-0.4, -0.2) is 24.7 Å². The minimum Gasteiger partial charge on any atom is -0.490 e. The molecular weight excluding hydrogens is 266 g/mol. The number of aromatic nitrogens is 1. The van der Waals surface area contributed by atoms with Gasteiger partial charge in [-0.25, -0.2) is 4.98 Å². The van der Waals surface area contributed by atoms with E-state index in [1.807, 2.05) is 36.4 Å². The highest BCUT2D eigenvalue weighted by molar-refractivity contribution is 5.52. The Kier molecular flexibility index (Phi) is 5.70. The molecule has 0 unspecified atom stereocenters. The van der Waals surface area contributed by atoms with E-state index in [1.54, 1.807) is 6.20 Å². The molecule has 0 saturated heterocycles. The zero-order chi connectivity index (χ0) is 14.9. The van der Waals surface area contributed by atoms with E-state index in [0.29, 0.717) is 31.2 Å². The molecule has 5 nitrogen and oxygen atoms in total. The van der Waals surface area contributed by atoms with Gasteiger partial charge in [0.1, 0.15) is 12.4 Å². The van der Waals surface area contributed by atoms with Crippen LogP contribution in [0.25, 0.3) is 0 Å². The van der Waals surface area contributed by atoms with Gasteiger partial charge >= 0.3 is 0 Å². The smallest absolute Gasteiger partial charge is 0.168 e. The zero-order valence-electron chi connectivity index (χ0n) is 12.2. The normalized spacial score (nSPS) is 10.1. The first-order valence-electron chi connectivity index (χ1n) is 7.10. The van der Waals surface area contributed by atoms with Gasteiger partial charge in [0, 0.05) is 6.20 Å². The van der Waals surface area contributed by atoms with Gasteiger partial charge in [0.05, 0.1) is 18.8 Å². The molecule has 0 aliphatic carbocycles. The molecular formula is C16H21N3O2. The van der Waals surface area contributed by atoms with E-state index in [2.05, 4.69) is 17.2 Å². The van der Waals surface area contributed by atoms with Crippen LogP contribution in [0.2, 0.25) is 0 Å². The van der Waals surface area contributed by atoms with E-state index in [0.717, 1.165) is 18.0 Å². The maximum absolute atomic E-state index is 5.82. The summed E-state index contributed by atoms with van der Waals surface area (Å²) in [6, 6.07) is 11.2. The van der Waals surface area contributed by atoms with Gasteiger partial charge in [-0.05, 0) is 30.7 Å². The molecule has 0 bridgehead atoms. The lowest BCUT2D eigenvalue weighted by atomic mass is 10.3. The molecule has 1 aromatic carbocycles. The lowest BCUT2D eigenvalue weighted by Gasteiger charge is -2.12. The summed E-state index contributed by atoms with van der Waals surface area (Å²) >= 11 is 0. The van der Waals surface area contributed by atoms with Gasteiger partial charge in [0.2, 0.25) is 0 Å². The Morgan fingerprint density at radius 1 is 1.05 bits per heavy atom. The highest BCUT2D eigenvalue weighted by Gasteiger charge is 2.04. The number of hydrogen-bond donors (Lipinski definition) is 2. The molecule has 3 N–H and O–H groups in total. The molecule has 2 rings (SSSR count). The average Bonchev–Trinajstić information content (AvgIpc) is 2.52. The summed E-state index contributed by atoms with van der Waals surface area (Å²) in [5.41, 5.74) is 6.46. The van der Waals surface area contributed by atoms with Gasteiger partial charge in [0.15, 0.2) is 11.6 Å². The van der Waals surface area contributed by atoms with Crippen LogP contribution in [0, 0.1) is 0 Å². The summed E-state index contributed by atoms with van der Waals surface area (Å²) in [4.78, 5) is 4.28. The van der Waals surface area contributed by atoms with Crippen LogP contribution in [0.4, 0.5) is 11.5 Å². The fraction of sp³-hybridized carbons (Fsp3) is 0.312. The molecule has 0 saturated carbocycles. The molecule has 21 heavy (non-hydrogen) atoms. The number of pyridine rings is 1. The number of para-hydroxylation sites is 2. The van der Waals surface area contributed by atoms with E-state index in [9.17, 15) is 0 Å². The number of nitrogens with two attached hydrogens (primary N) is 1. The number of hydrogen-bond acceptors (Lipinski definition) is 5. The minimum atomic E-state index is 0.498. The average molecular weight is 287 g/mol. The second-order valence-corrected chi connectivity index (χ2v) is 4.51. The van der Waals surface area contributed by atoms with Crippen LogP contribution in [-0.2, 0) is 0 Å². The monoisotopic (exact) mass is 287 g/mol. The number of nitrogens with zero attached hydrogens (tertiary/aromatic N) is 1. The standard InChI is InChI=1S/C16H21N3O2/c1-2-11-20-15-8-5-9-18-16(15)19-10-12-21-14-7-4-3-6-13(14)17/h3-9H,2,10-12,17H2,1H3,(H,18,19). The molecule has 0 aliphatic rings. The summed E-state index contributed by atoms with van der Waals surface area (Å²) in [6.45, 7) is 3.87. The van der Waals surface area contributed by atoms with Crippen molar-refractivity contribution in [2.45, 2.75) is 13.3 Å². The number of benzene rings is 1. The molecule has 0 fully saturated rings. The Morgan fingerprint density at radius 2 is 1.81 bits per heavy atom. The largest absolute Gasteiger partial charge is 0.490 e. The van der Waals surface area contributed by atoms with Gasteiger partial charge < -0.3 is 20.5 Å². The molecule has 0 amide bonds. The van der Waals surface area contributed by atoms with Crippen molar-refractivity contribution in [3.05, 3.63) is 42.6 Å². The molecule has 0 aliphatic heterocycles. The molecule has 5 heteroatoms. The first-order chi connectivity index (χ1) is 10.3. The third-order valence-electron chi connectivity index (χ3n) is 2.80. The predicted molar refractivity (Wildman–Crippen MR) is 84.9 cm³/mol. The minimum absolute atomic E-state index is 0.498. The fourth-order valence-electron chi connectivity index (χ4n) is 1.79. The van der Waals surface area contributed by atoms with Crippen molar-refractivity contribution in [3.63, 3.8) is 0 Å². The Hall–Kier alpha value is -2.43. The first-order valence-corrected chi connectivity index (χ1v) is 7.10. The van der Waals surface area contributed by atoms with Crippen LogP contribution in [0.5, 0.6) is 11.5 Å². The van der Waals surface area contributed by atoms with Crippen LogP contribution in [0.1, 0.15) is 13.3 Å². The summed E-state index contributed by atoms with van der Waals surface area (Å²) in [7, 11) is 0. The number of nitrogen functional groups attached to an aromatic ring is 1. The van der Waals surface area contributed by atoms with Crippen molar-refractivity contribution >= 4 is 11.5 Å². The molecule has 2 aromatic rings. The van der Waals surface area contributed by atoms with Crippen LogP contribution >= 0.6 is 0 Å². The highest BCUT2D eigenvalue weighted by Crippen LogP contribution is 2.21. The first kappa shape index (κ1) is 15.0. The lowest BCUT2D eigenvalue weighted by Crippen LogP contribution is -2.14. The van der Waals surface area contributed by atoms with Crippen molar-refractivity contribution in [1.29, 1.82) is 0 Å². The van der Waals surface area contributed by atoms with Gasteiger partial charge in [-0.3, -0.25) is 0 Å². The predicted octanol–water partition coefficient (Wildman–Crippen LogP) is 2.94. The van der Waals surface area contributed by atoms with Crippen LogP contribution in [0.3, 0.4) is 0 Å². The van der Waals surface area contributed by atoms with Crippen molar-refractivity contribution < 1.29 is 9.47 Å². The summed E-state index contributed by atoms with van der Waals surface area (Å²) < 4.78 is 11.3. The third kappa shape index (κ3) is 4.56. The second-order valence-electron chi connectivity index (χ2n) is 4.51. The number of rotatable bonds is 8. The Morgan fingerprint density at radius 3 is 2.62 bits per heavy atom. The SMILES string of the molecule is CCCOc1cccnc1NCCOc1ccccc1N.